The van der Waals surface area contributed by atoms with Crippen molar-refractivity contribution in [3.05, 3.63) is 18.2 Å². The molecule has 0 aliphatic rings. The Hall–Kier alpha value is -1.75. The SMILES string of the molecule is CCOc1ccc(OCC)c(NC(=O)[C@H](N)C(C)C)c1. The average molecular weight is 280 g/mol. The second-order valence-corrected chi connectivity index (χ2v) is 4.78. The van der Waals surface area contributed by atoms with Gasteiger partial charge in [0.1, 0.15) is 11.5 Å². The molecule has 0 aromatic heterocycles. The van der Waals surface area contributed by atoms with Crippen LogP contribution in [0.5, 0.6) is 11.5 Å². The molecular weight excluding hydrogens is 256 g/mol. The van der Waals surface area contributed by atoms with Crippen LogP contribution in [0.4, 0.5) is 5.69 Å². The monoisotopic (exact) mass is 280 g/mol. The lowest BCUT2D eigenvalue weighted by Crippen LogP contribution is -2.39. The highest BCUT2D eigenvalue weighted by atomic mass is 16.5. The van der Waals surface area contributed by atoms with Crippen molar-refractivity contribution in [1.82, 2.24) is 0 Å². The van der Waals surface area contributed by atoms with E-state index in [1.807, 2.05) is 33.8 Å². The summed E-state index contributed by atoms with van der Waals surface area (Å²) in [4.78, 5) is 12.0. The van der Waals surface area contributed by atoms with Gasteiger partial charge in [-0.05, 0) is 31.9 Å². The van der Waals surface area contributed by atoms with E-state index in [4.69, 9.17) is 15.2 Å². The van der Waals surface area contributed by atoms with Gasteiger partial charge in [-0.25, -0.2) is 0 Å². The van der Waals surface area contributed by atoms with Crippen molar-refractivity contribution in [3.63, 3.8) is 0 Å². The standard InChI is InChI=1S/C15H24N2O3/c1-5-19-11-7-8-13(20-6-2)12(9-11)17-15(18)14(16)10(3)4/h7-10,14H,5-6,16H2,1-4H3,(H,17,18)/t14-/m1/s1. The van der Waals surface area contributed by atoms with Crippen molar-refractivity contribution in [2.75, 3.05) is 18.5 Å². The number of carbonyl (C=O) groups excluding carboxylic acids is 1. The summed E-state index contributed by atoms with van der Waals surface area (Å²) >= 11 is 0. The lowest BCUT2D eigenvalue weighted by atomic mass is 10.0. The summed E-state index contributed by atoms with van der Waals surface area (Å²) < 4.78 is 10.9. The van der Waals surface area contributed by atoms with E-state index in [1.165, 1.54) is 0 Å². The number of rotatable bonds is 7. The van der Waals surface area contributed by atoms with Crippen molar-refractivity contribution < 1.29 is 14.3 Å². The maximum absolute atomic E-state index is 12.0. The Kier molecular flexibility index (Phi) is 6.31. The zero-order chi connectivity index (χ0) is 15.1. The number of amides is 1. The van der Waals surface area contributed by atoms with Crippen LogP contribution in [0.1, 0.15) is 27.7 Å². The van der Waals surface area contributed by atoms with E-state index in [9.17, 15) is 4.79 Å². The van der Waals surface area contributed by atoms with Gasteiger partial charge in [-0.15, -0.1) is 0 Å². The quantitative estimate of drug-likeness (QED) is 0.804. The predicted molar refractivity (Wildman–Crippen MR) is 80.2 cm³/mol. The molecule has 112 valence electrons. The minimum absolute atomic E-state index is 0.0700. The lowest BCUT2D eigenvalue weighted by Gasteiger charge is -2.18. The summed E-state index contributed by atoms with van der Waals surface area (Å²) in [7, 11) is 0. The van der Waals surface area contributed by atoms with E-state index in [-0.39, 0.29) is 11.8 Å². The third-order valence-corrected chi connectivity index (χ3v) is 2.84. The molecule has 1 aromatic rings. The van der Waals surface area contributed by atoms with Gasteiger partial charge >= 0.3 is 0 Å². The molecule has 0 aliphatic heterocycles. The van der Waals surface area contributed by atoms with Crippen LogP contribution >= 0.6 is 0 Å². The van der Waals surface area contributed by atoms with Crippen LogP contribution in [0.3, 0.4) is 0 Å². The third-order valence-electron chi connectivity index (χ3n) is 2.84. The summed E-state index contributed by atoms with van der Waals surface area (Å²) in [5, 5.41) is 2.81. The van der Waals surface area contributed by atoms with E-state index >= 15 is 0 Å². The second kappa shape index (κ2) is 7.75. The molecule has 0 saturated heterocycles. The fourth-order valence-electron chi connectivity index (χ4n) is 1.66. The van der Waals surface area contributed by atoms with Gasteiger partial charge in [-0.2, -0.15) is 0 Å². The van der Waals surface area contributed by atoms with Gasteiger partial charge in [0.2, 0.25) is 5.91 Å². The minimum Gasteiger partial charge on any atom is -0.494 e. The van der Waals surface area contributed by atoms with Crippen LogP contribution in [0.15, 0.2) is 18.2 Å². The van der Waals surface area contributed by atoms with Gasteiger partial charge in [0.25, 0.3) is 0 Å². The Labute approximate surface area is 120 Å². The van der Waals surface area contributed by atoms with Crippen molar-refractivity contribution >= 4 is 11.6 Å². The molecule has 0 spiro atoms. The van der Waals surface area contributed by atoms with Gasteiger partial charge < -0.3 is 20.5 Å². The van der Waals surface area contributed by atoms with E-state index in [0.29, 0.717) is 30.4 Å². The molecule has 20 heavy (non-hydrogen) atoms. The topological polar surface area (TPSA) is 73.6 Å². The average Bonchev–Trinajstić information content (AvgIpc) is 2.41. The zero-order valence-electron chi connectivity index (χ0n) is 12.6. The molecule has 1 aromatic carbocycles. The van der Waals surface area contributed by atoms with E-state index in [2.05, 4.69) is 5.32 Å². The smallest absolute Gasteiger partial charge is 0.241 e. The van der Waals surface area contributed by atoms with Crippen LogP contribution in [0, 0.1) is 5.92 Å². The molecule has 5 nitrogen and oxygen atoms in total. The molecule has 0 bridgehead atoms. The molecule has 1 atom stereocenters. The summed E-state index contributed by atoms with van der Waals surface area (Å²) in [5.41, 5.74) is 6.43. The second-order valence-electron chi connectivity index (χ2n) is 4.78. The molecule has 0 fully saturated rings. The summed E-state index contributed by atoms with van der Waals surface area (Å²) in [6.07, 6.45) is 0. The normalized spacial score (nSPS) is 12.1. The first-order chi connectivity index (χ1) is 9.49. The molecule has 0 unspecified atom stereocenters. The van der Waals surface area contributed by atoms with E-state index < -0.39 is 6.04 Å². The zero-order valence-corrected chi connectivity index (χ0v) is 12.6. The summed E-state index contributed by atoms with van der Waals surface area (Å²) in [6.45, 7) is 8.69. The third kappa shape index (κ3) is 4.42. The van der Waals surface area contributed by atoms with Gasteiger partial charge in [0.15, 0.2) is 0 Å². The molecule has 0 radical (unpaired) electrons. The highest BCUT2D eigenvalue weighted by Gasteiger charge is 2.19. The predicted octanol–water partition coefficient (Wildman–Crippen LogP) is 2.41. The first-order valence-corrected chi connectivity index (χ1v) is 6.95. The molecule has 1 amide bonds. The maximum atomic E-state index is 12.0. The Morgan fingerprint density at radius 2 is 1.90 bits per heavy atom. The number of hydrogen-bond acceptors (Lipinski definition) is 4. The summed E-state index contributed by atoms with van der Waals surface area (Å²) in [6, 6.07) is 4.79. The maximum Gasteiger partial charge on any atom is 0.241 e. The molecule has 5 heteroatoms. The largest absolute Gasteiger partial charge is 0.494 e. The van der Waals surface area contributed by atoms with Crippen LogP contribution in [0.2, 0.25) is 0 Å². The Bertz CT molecular complexity index is 447. The van der Waals surface area contributed by atoms with Crippen molar-refractivity contribution in [3.8, 4) is 11.5 Å². The van der Waals surface area contributed by atoms with Crippen LogP contribution in [-0.2, 0) is 4.79 Å². The number of nitrogens with two attached hydrogens (primary N) is 1. The number of carbonyl (C=O) groups is 1. The fraction of sp³-hybridized carbons (Fsp3) is 0.533. The first-order valence-electron chi connectivity index (χ1n) is 6.95. The number of anilines is 1. The highest BCUT2D eigenvalue weighted by molar-refractivity contribution is 5.96. The Morgan fingerprint density at radius 1 is 1.25 bits per heavy atom. The molecule has 0 heterocycles. The molecular formula is C15H24N2O3. The van der Waals surface area contributed by atoms with Gasteiger partial charge in [-0.1, -0.05) is 13.8 Å². The van der Waals surface area contributed by atoms with Gasteiger partial charge in [-0.3, -0.25) is 4.79 Å². The first kappa shape index (κ1) is 16.3. The van der Waals surface area contributed by atoms with E-state index in [1.54, 1.807) is 12.1 Å². The van der Waals surface area contributed by atoms with Gasteiger partial charge in [0, 0.05) is 6.07 Å². The van der Waals surface area contributed by atoms with Crippen molar-refractivity contribution in [2.45, 2.75) is 33.7 Å². The minimum atomic E-state index is -0.555. The van der Waals surface area contributed by atoms with Crippen LogP contribution in [-0.4, -0.2) is 25.2 Å². The summed E-state index contributed by atoms with van der Waals surface area (Å²) in [5.74, 6) is 1.14. The Morgan fingerprint density at radius 3 is 2.45 bits per heavy atom. The Balaban J connectivity index is 2.94. The number of nitrogens with one attached hydrogen (secondary N) is 1. The van der Waals surface area contributed by atoms with Gasteiger partial charge in [0.05, 0.1) is 24.9 Å². The molecule has 0 aliphatic carbocycles. The van der Waals surface area contributed by atoms with Crippen molar-refractivity contribution in [1.29, 1.82) is 0 Å². The van der Waals surface area contributed by atoms with Crippen LogP contribution in [0.25, 0.3) is 0 Å². The number of hydrogen-bond donors (Lipinski definition) is 2. The highest BCUT2D eigenvalue weighted by Crippen LogP contribution is 2.29. The molecule has 1 rings (SSSR count). The molecule has 3 N–H and O–H groups in total. The van der Waals surface area contributed by atoms with Crippen LogP contribution < -0.4 is 20.5 Å². The fourth-order valence-corrected chi connectivity index (χ4v) is 1.66. The molecule has 0 saturated carbocycles. The lowest BCUT2D eigenvalue weighted by molar-refractivity contribution is -0.118. The number of benzene rings is 1. The van der Waals surface area contributed by atoms with Crippen molar-refractivity contribution in [2.24, 2.45) is 11.7 Å². The number of ether oxygens (including phenoxy) is 2. The van der Waals surface area contributed by atoms with E-state index in [0.717, 1.165) is 0 Å².